The van der Waals surface area contributed by atoms with Gasteiger partial charge >= 0.3 is 0 Å². The van der Waals surface area contributed by atoms with E-state index in [1.807, 2.05) is 23.2 Å². The molecule has 6 rings (SSSR count). The van der Waals surface area contributed by atoms with Gasteiger partial charge in [-0.15, -0.1) is 0 Å². The third-order valence-electron chi connectivity index (χ3n) is 8.22. The van der Waals surface area contributed by atoms with Crippen LogP contribution in [0.3, 0.4) is 0 Å². The minimum atomic E-state index is -0.264. The number of nitrogens with zero attached hydrogens (tertiary/aromatic N) is 3. The molecule has 4 atom stereocenters. The van der Waals surface area contributed by atoms with Gasteiger partial charge in [-0.2, -0.15) is 5.01 Å². The quantitative estimate of drug-likeness (QED) is 0.483. The van der Waals surface area contributed by atoms with Gasteiger partial charge in [-0.3, -0.25) is 19.6 Å². The van der Waals surface area contributed by atoms with Crippen LogP contribution >= 0.6 is 11.8 Å². The van der Waals surface area contributed by atoms with E-state index in [0.29, 0.717) is 19.0 Å². The molecule has 6 heteroatoms. The normalized spacial score (nSPS) is 35.7. The number of hydrogen-bond acceptors (Lipinski definition) is 4. The Bertz CT molecular complexity index is 975. The number of rotatable bonds is 4. The zero-order valence-corrected chi connectivity index (χ0v) is 20.1. The number of benzene rings is 1. The van der Waals surface area contributed by atoms with Crippen molar-refractivity contribution in [2.75, 3.05) is 12.3 Å². The molecule has 2 saturated heterocycles. The molecule has 0 aromatic heterocycles. The lowest BCUT2D eigenvalue weighted by molar-refractivity contribution is -0.153. The zero-order chi connectivity index (χ0) is 22.5. The van der Waals surface area contributed by atoms with Gasteiger partial charge in [-0.05, 0) is 42.6 Å². The summed E-state index contributed by atoms with van der Waals surface area (Å²) in [5, 5.41) is 4.22. The fourth-order valence-corrected chi connectivity index (χ4v) is 7.22. The van der Waals surface area contributed by atoms with E-state index in [4.69, 9.17) is 4.99 Å². The van der Waals surface area contributed by atoms with Gasteiger partial charge in [0.15, 0.2) is 5.17 Å². The smallest absolute Gasteiger partial charge is 0.253 e. The lowest BCUT2D eigenvalue weighted by Gasteiger charge is -2.55. The Balaban J connectivity index is 1.51. The van der Waals surface area contributed by atoms with Gasteiger partial charge in [0.05, 0.1) is 18.4 Å². The minimum Gasteiger partial charge on any atom is -0.272 e. The highest BCUT2D eigenvalue weighted by molar-refractivity contribution is 8.13. The molecule has 5 aliphatic rings. The molecular weight excluding hydrogens is 418 g/mol. The Hall–Kier alpha value is -2.08. The van der Waals surface area contributed by atoms with Crippen molar-refractivity contribution >= 4 is 28.7 Å². The van der Waals surface area contributed by atoms with E-state index in [0.717, 1.165) is 42.2 Å². The molecule has 3 fully saturated rings. The number of imide groups is 1. The number of hydrazine groups is 1. The van der Waals surface area contributed by atoms with Crippen LogP contribution in [-0.2, 0) is 16.1 Å². The molecule has 170 valence electrons. The number of carbonyl (C=O) groups is 2. The Labute approximate surface area is 195 Å². The summed E-state index contributed by atoms with van der Waals surface area (Å²) < 4.78 is 0. The summed E-state index contributed by atoms with van der Waals surface area (Å²) in [6.45, 7) is 7.78. The first kappa shape index (κ1) is 21.7. The second-order valence-electron chi connectivity index (χ2n) is 10.3. The number of carbonyl (C=O) groups excluding carboxylic acids is 2. The molecule has 1 aromatic rings. The molecule has 2 aliphatic heterocycles. The lowest BCUT2D eigenvalue weighted by Crippen LogP contribution is -2.53. The fraction of sp³-hybridized carbons (Fsp3) is 0.577. The highest BCUT2D eigenvalue weighted by Gasteiger charge is 2.68. The summed E-state index contributed by atoms with van der Waals surface area (Å²) >= 11 is 1.67. The molecule has 3 aliphatic carbocycles. The van der Waals surface area contributed by atoms with E-state index >= 15 is 0 Å². The Morgan fingerprint density at radius 2 is 1.81 bits per heavy atom. The summed E-state index contributed by atoms with van der Waals surface area (Å²) in [5.41, 5.74) is 0.680. The first-order valence-corrected chi connectivity index (χ1v) is 12.9. The first-order valence-electron chi connectivity index (χ1n) is 11.9. The molecule has 1 aromatic carbocycles. The van der Waals surface area contributed by atoms with Crippen molar-refractivity contribution in [1.29, 1.82) is 0 Å². The molecule has 2 amide bonds. The predicted molar refractivity (Wildman–Crippen MR) is 129 cm³/mol. The molecule has 0 N–H and O–H groups in total. The average molecular weight is 452 g/mol. The van der Waals surface area contributed by atoms with Gasteiger partial charge in [0.25, 0.3) is 11.8 Å². The van der Waals surface area contributed by atoms with Crippen molar-refractivity contribution in [2.45, 2.75) is 53.0 Å². The maximum atomic E-state index is 14.0. The summed E-state index contributed by atoms with van der Waals surface area (Å²) in [6.07, 6.45) is 8.49. The maximum absolute atomic E-state index is 14.0. The highest BCUT2D eigenvalue weighted by Crippen LogP contribution is 2.64. The van der Waals surface area contributed by atoms with Crippen molar-refractivity contribution in [1.82, 2.24) is 10.0 Å². The van der Waals surface area contributed by atoms with Gasteiger partial charge in [0, 0.05) is 17.7 Å². The van der Waals surface area contributed by atoms with Crippen LogP contribution < -0.4 is 0 Å². The number of allylic oxidation sites excluding steroid dienone is 2. The van der Waals surface area contributed by atoms with Crippen LogP contribution in [0.1, 0.15) is 52.0 Å². The van der Waals surface area contributed by atoms with Crippen LogP contribution in [0.4, 0.5) is 0 Å². The number of amides is 2. The molecule has 0 spiro atoms. The van der Waals surface area contributed by atoms with Gasteiger partial charge in [-0.25, -0.2) is 0 Å². The zero-order valence-electron chi connectivity index (χ0n) is 19.3. The Kier molecular flexibility index (Phi) is 5.47. The van der Waals surface area contributed by atoms with Crippen LogP contribution in [0, 0.1) is 28.6 Å². The minimum absolute atomic E-state index is 0.0149. The summed E-state index contributed by atoms with van der Waals surface area (Å²) in [7, 11) is 0. The Morgan fingerprint density at radius 3 is 2.50 bits per heavy atom. The van der Waals surface area contributed by atoms with E-state index in [1.54, 1.807) is 11.8 Å². The number of thioether (sulfide) groups is 1. The fourth-order valence-electron chi connectivity index (χ4n) is 6.21. The van der Waals surface area contributed by atoms with E-state index in [1.165, 1.54) is 5.01 Å². The van der Waals surface area contributed by atoms with Crippen molar-refractivity contribution in [2.24, 2.45) is 33.6 Å². The first-order chi connectivity index (χ1) is 15.4. The maximum Gasteiger partial charge on any atom is 0.253 e. The number of hydrogen-bond donors (Lipinski definition) is 0. The average Bonchev–Trinajstić information content (AvgIpc) is 2.93. The highest BCUT2D eigenvalue weighted by atomic mass is 32.2. The monoisotopic (exact) mass is 451 g/mol. The number of aliphatic imine (C=N–C) groups is 1. The van der Waals surface area contributed by atoms with Crippen LogP contribution in [0.15, 0.2) is 47.5 Å². The summed E-state index contributed by atoms with van der Waals surface area (Å²) in [4.78, 5) is 32.8. The summed E-state index contributed by atoms with van der Waals surface area (Å²) in [5.74, 6) is 0.715. The lowest BCUT2D eigenvalue weighted by atomic mass is 9.46. The van der Waals surface area contributed by atoms with Crippen LogP contribution in [0.5, 0.6) is 0 Å². The van der Waals surface area contributed by atoms with E-state index in [2.05, 4.69) is 45.1 Å². The number of fused-ring (bicyclic) bond motifs is 1. The molecule has 0 radical (unpaired) electrons. The predicted octanol–water partition coefficient (Wildman–Crippen LogP) is 4.90. The molecule has 4 unspecified atom stereocenters. The van der Waals surface area contributed by atoms with Crippen molar-refractivity contribution in [3.63, 3.8) is 0 Å². The SMILES string of the molecule is CC(C)C12C=CC(C)(CC1)C1C(=O)N(N3CCCCSC3=NCc3ccccc3)C(=O)C12. The van der Waals surface area contributed by atoms with Gasteiger partial charge in [0.2, 0.25) is 0 Å². The third-order valence-corrected chi connectivity index (χ3v) is 9.31. The van der Waals surface area contributed by atoms with Crippen molar-refractivity contribution < 1.29 is 9.59 Å². The summed E-state index contributed by atoms with van der Waals surface area (Å²) in [6, 6.07) is 10.2. The molecular formula is C26H33N3O2S. The number of amidine groups is 1. The molecule has 2 heterocycles. The van der Waals surface area contributed by atoms with Gasteiger partial charge < -0.3 is 0 Å². The van der Waals surface area contributed by atoms with Gasteiger partial charge in [-0.1, -0.05) is 75.0 Å². The van der Waals surface area contributed by atoms with Crippen LogP contribution in [-0.4, -0.2) is 39.3 Å². The molecule has 32 heavy (non-hydrogen) atoms. The third kappa shape index (κ3) is 3.25. The van der Waals surface area contributed by atoms with Crippen molar-refractivity contribution in [3.8, 4) is 0 Å². The second-order valence-corrected chi connectivity index (χ2v) is 11.4. The molecule has 1 saturated carbocycles. The van der Waals surface area contributed by atoms with E-state index in [-0.39, 0.29) is 34.5 Å². The van der Waals surface area contributed by atoms with E-state index in [9.17, 15) is 9.59 Å². The molecule has 2 bridgehead atoms. The topological polar surface area (TPSA) is 53.0 Å². The van der Waals surface area contributed by atoms with Crippen molar-refractivity contribution in [3.05, 3.63) is 48.0 Å². The van der Waals surface area contributed by atoms with Crippen LogP contribution in [0.25, 0.3) is 0 Å². The molecule has 5 nitrogen and oxygen atoms in total. The van der Waals surface area contributed by atoms with Crippen LogP contribution in [0.2, 0.25) is 0 Å². The second kappa shape index (κ2) is 8.05. The largest absolute Gasteiger partial charge is 0.272 e. The standard InChI is InChI=1S/C26H33N3O2S/c1-18(2)26-13-11-25(3,12-14-26)20-21(26)23(31)29(22(20)30)28-15-7-8-16-32-24(28)27-17-19-9-5-4-6-10-19/h4-6,9-11,13,18,20-21H,7-8,12,14-17H2,1-3H3. The van der Waals surface area contributed by atoms with E-state index < -0.39 is 0 Å². The van der Waals surface area contributed by atoms with Gasteiger partial charge in [0.1, 0.15) is 0 Å². The Morgan fingerprint density at radius 1 is 1.06 bits per heavy atom.